The first-order valence-corrected chi connectivity index (χ1v) is 5.23. The molecule has 0 fully saturated rings. The van der Waals surface area contributed by atoms with Crippen LogP contribution in [0.3, 0.4) is 0 Å². The van der Waals surface area contributed by atoms with Crippen molar-refractivity contribution in [1.29, 1.82) is 0 Å². The maximum Gasteiger partial charge on any atom is 0.0923 e. The standard InChI is InChI=1S/C8H7BrN2S.ClH/c9-7-1-2-12-8(7)3-6-4-10-5-11-6;/h1-2,4-5H,3H2,(H,10,11);1H. The SMILES string of the molecule is Brc1ccsc1Cc1c[nH]cn1.Cl. The quantitative estimate of drug-likeness (QED) is 0.898. The summed E-state index contributed by atoms with van der Waals surface area (Å²) in [4.78, 5) is 8.42. The van der Waals surface area contributed by atoms with Crippen LogP contribution in [0.2, 0.25) is 0 Å². The highest BCUT2D eigenvalue weighted by Crippen LogP contribution is 2.24. The largest absolute Gasteiger partial charge is 0.351 e. The third-order valence-corrected chi connectivity index (χ3v) is 3.51. The lowest BCUT2D eigenvalue weighted by molar-refractivity contribution is 1.13. The summed E-state index contributed by atoms with van der Waals surface area (Å²) in [5, 5.41) is 2.08. The number of aromatic amines is 1. The van der Waals surface area contributed by atoms with Crippen molar-refractivity contribution < 1.29 is 0 Å². The smallest absolute Gasteiger partial charge is 0.0923 e. The molecule has 0 amide bonds. The van der Waals surface area contributed by atoms with Gasteiger partial charge in [0, 0.05) is 22.0 Å². The van der Waals surface area contributed by atoms with Crippen LogP contribution in [0.25, 0.3) is 0 Å². The van der Waals surface area contributed by atoms with Gasteiger partial charge < -0.3 is 4.98 Å². The summed E-state index contributed by atoms with van der Waals surface area (Å²) in [7, 11) is 0. The van der Waals surface area contributed by atoms with Gasteiger partial charge in [0.1, 0.15) is 0 Å². The summed E-state index contributed by atoms with van der Waals surface area (Å²) in [5.74, 6) is 0. The number of thiophene rings is 1. The molecule has 0 saturated carbocycles. The van der Waals surface area contributed by atoms with E-state index in [2.05, 4.69) is 37.3 Å². The Labute approximate surface area is 94.9 Å². The molecular weight excluding hydrogens is 272 g/mol. The van der Waals surface area contributed by atoms with Crippen LogP contribution >= 0.6 is 39.7 Å². The third-order valence-electron chi connectivity index (χ3n) is 1.59. The van der Waals surface area contributed by atoms with Crippen LogP contribution in [0.1, 0.15) is 10.6 Å². The van der Waals surface area contributed by atoms with E-state index in [-0.39, 0.29) is 12.4 Å². The molecule has 0 spiro atoms. The molecule has 5 heteroatoms. The number of aromatic nitrogens is 2. The van der Waals surface area contributed by atoms with E-state index in [4.69, 9.17) is 0 Å². The molecule has 0 saturated heterocycles. The first-order valence-electron chi connectivity index (χ1n) is 3.56. The average Bonchev–Trinajstić information content (AvgIpc) is 2.65. The van der Waals surface area contributed by atoms with Crippen molar-refractivity contribution in [2.45, 2.75) is 6.42 Å². The average molecular weight is 280 g/mol. The van der Waals surface area contributed by atoms with Gasteiger partial charge >= 0.3 is 0 Å². The summed E-state index contributed by atoms with van der Waals surface area (Å²) >= 11 is 5.23. The van der Waals surface area contributed by atoms with Gasteiger partial charge in [-0.3, -0.25) is 0 Å². The molecule has 0 radical (unpaired) electrons. The van der Waals surface area contributed by atoms with E-state index in [0.717, 1.165) is 12.1 Å². The highest BCUT2D eigenvalue weighted by atomic mass is 79.9. The minimum absolute atomic E-state index is 0. The molecule has 0 aromatic carbocycles. The lowest BCUT2D eigenvalue weighted by Gasteiger charge is -1.92. The van der Waals surface area contributed by atoms with E-state index < -0.39 is 0 Å². The van der Waals surface area contributed by atoms with Crippen LogP contribution in [0.15, 0.2) is 28.4 Å². The molecule has 0 unspecified atom stereocenters. The van der Waals surface area contributed by atoms with Gasteiger partial charge in [-0.1, -0.05) is 0 Å². The van der Waals surface area contributed by atoms with Crippen molar-refractivity contribution in [3.8, 4) is 0 Å². The first-order chi connectivity index (χ1) is 5.86. The van der Waals surface area contributed by atoms with Gasteiger partial charge in [-0.2, -0.15) is 0 Å². The molecule has 2 nitrogen and oxygen atoms in total. The molecule has 0 bridgehead atoms. The maximum atomic E-state index is 4.16. The van der Waals surface area contributed by atoms with Crippen LogP contribution in [0.4, 0.5) is 0 Å². The van der Waals surface area contributed by atoms with Crippen LogP contribution in [-0.2, 0) is 6.42 Å². The Morgan fingerprint density at radius 3 is 2.92 bits per heavy atom. The van der Waals surface area contributed by atoms with Gasteiger partial charge in [0.25, 0.3) is 0 Å². The normalized spacial score (nSPS) is 9.62. The molecule has 0 aliphatic rings. The maximum absolute atomic E-state index is 4.16. The van der Waals surface area contributed by atoms with Crippen molar-refractivity contribution in [3.05, 3.63) is 39.0 Å². The molecule has 13 heavy (non-hydrogen) atoms. The van der Waals surface area contributed by atoms with Crippen LogP contribution in [0, 0.1) is 0 Å². The second-order valence-electron chi connectivity index (χ2n) is 2.43. The Balaban J connectivity index is 0.000000845. The summed E-state index contributed by atoms with van der Waals surface area (Å²) in [6.45, 7) is 0. The Bertz CT molecular complexity index is 358. The molecule has 1 N–H and O–H groups in total. The Morgan fingerprint density at radius 1 is 1.54 bits per heavy atom. The van der Waals surface area contributed by atoms with Crippen LogP contribution in [0.5, 0.6) is 0 Å². The molecule has 2 rings (SSSR count). The molecule has 2 aromatic rings. The predicted octanol–water partition coefficient (Wildman–Crippen LogP) is 3.25. The summed E-state index contributed by atoms with van der Waals surface area (Å²) in [6.07, 6.45) is 4.53. The first kappa shape index (κ1) is 10.8. The second kappa shape index (κ2) is 4.79. The third kappa shape index (κ3) is 2.56. The molecule has 0 atom stereocenters. The minimum atomic E-state index is 0. The molecule has 0 aliphatic carbocycles. The van der Waals surface area contributed by atoms with Gasteiger partial charge in [-0.25, -0.2) is 4.98 Å². The minimum Gasteiger partial charge on any atom is -0.351 e. The van der Waals surface area contributed by atoms with Crippen molar-refractivity contribution in [2.24, 2.45) is 0 Å². The fourth-order valence-corrected chi connectivity index (χ4v) is 2.51. The number of H-pyrrole nitrogens is 1. The number of imidazole rings is 1. The summed E-state index contributed by atoms with van der Waals surface area (Å²) < 4.78 is 1.18. The van der Waals surface area contributed by atoms with E-state index in [1.165, 1.54) is 9.35 Å². The predicted molar refractivity (Wildman–Crippen MR) is 60.7 cm³/mol. The van der Waals surface area contributed by atoms with E-state index in [1.807, 2.05) is 6.20 Å². The van der Waals surface area contributed by atoms with Gasteiger partial charge in [0.05, 0.1) is 12.0 Å². The van der Waals surface area contributed by atoms with E-state index in [1.54, 1.807) is 17.7 Å². The fourth-order valence-electron chi connectivity index (χ4n) is 1.00. The van der Waals surface area contributed by atoms with Crippen molar-refractivity contribution in [2.75, 3.05) is 0 Å². The lowest BCUT2D eigenvalue weighted by atomic mass is 10.3. The Hall–Kier alpha value is -0.320. The van der Waals surface area contributed by atoms with Gasteiger partial charge in [-0.05, 0) is 27.4 Å². The number of rotatable bonds is 2. The van der Waals surface area contributed by atoms with Crippen molar-refractivity contribution >= 4 is 39.7 Å². The van der Waals surface area contributed by atoms with Gasteiger partial charge in [0.2, 0.25) is 0 Å². The summed E-state index contributed by atoms with van der Waals surface area (Å²) in [6, 6.07) is 2.06. The number of nitrogens with one attached hydrogen (secondary N) is 1. The molecular formula is C8H8BrClN2S. The number of hydrogen-bond acceptors (Lipinski definition) is 2. The zero-order valence-corrected chi connectivity index (χ0v) is 9.88. The summed E-state index contributed by atoms with van der Waals surface area (Å²) in [5.41, 5.74) is 1.08. The number of hydrogen-bond donors (Lipinski definition) is 1. The second-order valence-corrected chi connectivity index (χ2v) is 4.28. The molecule has 0 aliphatic heterocycles. The van der Waals surface area contributed by atoms with Crippen LogP contribution < -0.4 is 0 Å². The highest BCUT2D eigenvalue weighted by Gasteiger charge is 2.03. The van der Waals surface area contributed by atoms with Crippen molar-refractivity contribution in [3.63, 3.8) is 0 Å². The van der Waals surface area contributed by atoms with E-state index >= 15 is 0 Å². The fraction of sp³-hybridized carbons (Fsp3) is 0.125. The topological polar surface area (TPSA) is 28.7 Å². The number of halogens is 2. The number of nitrogens with zero attached hydrogens (tertiary/aromatic N) is 1. The zero-order valence-electron chi connectivity index (χ0n) is 6.66. The Kier molecular flexibility index (Phi) is 3.96. The van der Waals surface area contributed by atoms with E-state index in [0.29, 0.717) is 0 Å². The Morgan fingerprint density at radius 2 is 2.38 bits per heavy atom. The monoisotopic (exact) mass is 278 g/mol. The lowest BCUT2D eigenvalue weighted by Crippen LogP contribution is -1.83. The van der Waals surface area contributed by atoms with Crippen LogP contribution in [-0.4, -0.2) is 9.97 Å². The highest BCUT2D eigenvalue weighted by molar-refractivity contribution is 9.10. The van der Waals surface area contributed by atoms with Gasteiger partial charge in [0.15, 0.2) is 0 Å². The molecule has 2 aromatic heterocycles. The van der Waals surface area contributed by atoms with Gasteiger partial charge in [-0.15, -0.1) is 23.7 Å². The molecule has 2 heterocycles. The zero-order chi connectivity index (χ0) is 8.39. The molecule has 70 valence electrons. The van der Waals surface area contributed by atoms with E-state index in [9.17, 15) is 0 Å². The van der Waals surface area contributed by atoms with Crippen molar-refractivity contribution in [1.82, 2.24) is 9.97 Å².